The van der Waals surface area contributed by atoms with Crippen LogP contribution in [0.25, 0.3) is 11.3 Å². The SMILES string of the molecule is CCCc1ccc(-c2cc(NC(=O)COCC)n(CCO)n2)cc1. The Morgan fingerprint density at radius 2 is 2.04 bits per heavy atom. The molecule has 0 aliphatic carbocycles. The minimum Gasteiger partial charge on any atom is -0.394 e. The van der Waals surface area contributed by atoms with Gasteiger partial charge in [0.2, 0.25) is 0 Å². The van der Waals surface area contributed by atoms with Crippen LogP contribution in [0.5, 0.6) is 0 Å². The van der Waals surface area contributed by atoms with Gasteiger partial charge in [0, 0.05) is 18.2 Å². The number of aliphatic hydroxyl groups is 1. The van der Waals surface area contributed by atoms with Crippen LogP contribution in [0.15, 0.2) is 30.3 Å². The highest BCUT2D eigenvalue weighted by atomic mass is 16.5. The van der Waals surface area contributed by atoms with Crippen molar-refractivity contribution in [2.75, 3.05) is 25.1 Å². The normalized spacial score (nSPS) is 10.8. The number of anilines is 1. The number of aromatic nitrogens is 2. The number of aryl methyl sites for hydroxylation is 1. The van der Waals surface area contributed by atoms with Crippen molar-refractivity contribution in [1.82, 2.24) is 9.78 Å². The number of carbonyl (C=O) groups is 1. The van der Waals surface area contributed by atoms with Gasteiger partial charge >= 0.3 is 0 Å². The average Bonchev–Trinajstić information content (AvgIpc) is 2.97. The third-order valence-corrected chi connectivity index (χ3v) is 3.58. The molecular weight excluding hydrogens is 306 g/mol. The number of rotatable bonds is 9. The highest BCUT2D eigenvalue weighted by Gasteiger charge is 2.12. The van der Waals surface area contributed by atoms with Gasteiger partial charge in [-0.05, 0) is 18.9 Å². The van der Waals surface area contributed by atoms with E-state index in [-0.39, 0.29) is 19.1 Å². The molecule has 0 atom stereocenters. The van der Waals surface area contributed by atoms with Crippen LogP contribution in [0.2, 0.25) is 0 Å². The monoisotopic (exact) mass is 331 g/mol. The molecule has 0 bridgehead atoms. The standard InChI is InChI=1S/C18H25N3O3/c1-3-5-14-6-8-15(9-7-14)16-12-17(21(20-16)10-11-22)19-18(23)13-24-4-2/h6-9,12,22H,3-5,10-11,13H2,1-2H3,(H,19,23). The summed E-state index contributed by atoms with van der Waals surface area (Å²) >= 11 is 0. The fourth-order valence-electron chi connectivity index (χ4n) is 2.43. The zero-order valence-electron chi connectivity index (χ0n) is 14.3. The maximum Gasteiger partial charge on any atom is 0.251 e. The van der Waals surface area contributed by atoms with E-state index in [1.807, 2.05) is 25.1 Å². The molecule has 24 heavy (non-hydrogen) atoms. The molecule has 1 aromatic carbocycles. The van der Waals surface area contributed by atoms with Crippen molar-refractivity contribution < 1.29 is 14.6 Å². The maximum atomic E-state index is 11.9. The van der Waals surface area contributed by atoms with Crippen molar-refractivity contribution in [2.45, 2.75) is 33.2 Å². The molecule has 0 unspecified atom stereocenters. The first-order valence-corrected chi connectivity index (χ1v) is 8.33. The second-order valence-corrected chi connectivity index (χ2v) is 5.49. The van der Waals surface area contributed by atoms with Crippen LogP contribution in [-0.4, -0.2) is 40.6 Å². The van der Waals surface area contributed by atoms with Crippen molar-refractivity contribution in [3.8, 4) is 11.3 Å². The predicted octanol–water partition coefficient (Wildman–Crippen LogP) is 2.47. The van der Waals surface area contributed by atoms with Gasteiger partial charge in [-0.3, -0.25) is 4.79 Å². The Kier molecular flexibility index (Phi) is 6.96. The summed E-state index contributed by atoms with van der Waals surface area (Å²) in [5.41, 5.74) is 3.03. The average molecular weight is 331 g/mol. The van der Waals surface area contributed by atoms with Crippen LogP contribution in [0.1, 0.15) is 25.8 Å². The quantitative estimate of drug-likeness (QED) is 0.740. The zero-order chi connectivity index (χ0) is 17.4. The van der Waals surface area contributed by atoms with E-state index < -0.39 is 0 Å². The second kappa shape index (κ2) is 9.20. The minimum absolute atomic E-state index is 0.00184. The number of nitrogens with one attached hydrogen (secondary N) is 1. The molecule has 2 rings (SSSR count). The molecule has 0 fully saturated rings. The lowest BCUT2D eigenvalue weighted by Crippen LogP contribution is -2.21. The number of carbonyl (C=O) groups excluding carboxylic acids is 1. The number of benzene rings is 1. The first kappa shape index (κ1) is 18.2. The highest BCUT2D eigenvalue weighted by Crippen LogP contribution is 2.23. The van der Waals surface area contributed by atoms with E-state index in [2.05, 4.69) is 29.5 Å². The Morgan fingerprint density at radius 3 is 2.67 bits per heavy atom. The molecule has 0 spiro atoms. The Morgan fingerprint density at radius 1 is 1.29 bits per heavy atom. The van der Waals surface area contributed by atoms with Crippen LogP contribution < -0.4 is 5.32 Å². The molecule has 0 radical (unpaired) electrons. The van der Waals surface area contributed by atoms with Crippen molar-refractivity contribution in [3.05, 3.63) is 35.9 Å². The van der Waals surface area contributed by atoms with Gasteiger partial charge in [-0.15, -0.1) is 0 Å². The van der Waals surface area contributed by atoms with Gasteiger partial charge in [0.15, 0.2) is 0 Å². The molecule has 130 valence electrons. The smallest absolute Gasteiger partial charge is 0.251 e. The lowest BCUT2D eigenvalue weighted by molar-refractivity contribution is -0.120. The first-order chi connectivity index (χ1) is 11.7. The predicted molar refractivity (Wildman–Crippen MR) is 93.9 cm³/mol. The number of nitrogens with zero attached hydrogens (tertiary/aromatic N) is 2. The molecule has 6 nitrogen and oxygen atoms in total. The van der Waals surface area contributed by atoms with E-state index in [0.717, 1.165) is 24.1 Å². The van der Waals surface area contributed by atoms with E-state index >= 15 is 0 Å². The Balaban J connectivity index is 2.18. The van der Waals surface area contributed by atoms with Crippen LogP contribution in [-0.2, 0) is 22.5 Å². The lowest BCUT2D eigenvalue weighted by atomic mass is 10.1. The Bertz CT molecular complexity index is 650. The maximum absolute atomic E-state index is 11.9. The highest BCUT2D eigenvalue weighted by molar-refractivity contribution is 5.91. The summed E-state index contributed by atoms with van der Waals surface area (Å²) < 4.78 is 6.70. The van der Waals surface area contributed by atoms with Gasteiger partial charge in [0.05, 0.1) is 18.8 Å². The van der Waals surface area contributed by atoms with Gasteiger partial charge in [-0.2, -0.15) is 5.10 Å². The largest absolute Gasteiger partial charge is 0.394 e. The number of hydrogen-bond acceptors (Lipinski definition) is 4. The molecular formula is C18H25N3O3. The van der Waals surface area contributed by atoms with Crippen molar-refractivity contribution in [2.24, 2.45) is 0 Å². The molecule has 6 heteroatoms. The van der Waals surface area contributed by atoms with Gasteiger partial charge in [-0.25, -0.2) is 4.68 Å². The first-order valence-electron chi connectivity index (χ1n) is 8.33. The van der Waals surface area contributed by atoms with E-state index in [0.29, 0.717) is 19.0 Å². The van der Waals surface area contributed by atoms with Crippen molar-refractivity contribution >= 4 is 11.7 Å². The second-order valence-electron chi connectivity index (χ2n) is 5.49. The van der Waals surface area contributed by atoms with Crippen LogP contribution >= 0.6 is 0 Å². The van der Waals surface area contributed by atoms with Gasteiger partial charge < -0.3 is 15.2 Å². The summed E-state index contributed by atoms with van der Waals surface area (Å²) in [6.45, 7) is 4.74. The summed E-state index contributed by atoms with van der Waals surface area (Å²) in [6.07, 6.45) is 2.17. The third-order valence-electron chi connectivity index (χ3n) is 3.58. The van der Waals surface area contributed by atoms with Crippen molar-refractivity contribution in [1.29, 1.82) is 0 Å². The Labute approximate surface area is 142 Å². The summed E-state index contributed by atoms with van der Waals surface area (Å²) in [6, 6.07) is 10.1. The minimum atomic E-state index is -0.235. The summed E-state index contributed by atoms with van der Waals surface area (Å²) in [5.74, 6) is 0.321. The summed E-state index contributed by atoms with van der Waals surface area (Å²) in [5, 5.41) is 16.5. The van der Waals surface area contributed by atoms with Gasteiger partial charge in [0.25, 0.3) is 5.91 Å². The molecule has 1 amide bonds. The van der Waals surface area contributed by atoms with Crippen LogP contribution in [0, 0.1) is 0 Å². The summed E-state index contributed by atoms with van der Waals surface area (Å²) in [7, 11) is 0. The molecule has 2 N–H and O–H groups in total. The zero-order valence-corrected chi connectivity index (χ0v) is 14.3. The number of ether oxygens (including phenoxy) is 1. The molecule has 0 aliphatic heterocycles. The third kappa shape index (κ3) is 4.91. The lowest BCUT2D eigenvalue weighted by Gasteiger charge is -2.07. The number of amides is 1. The van der Waals surface area contributed by atoms with Crippen LogP contribution in [0.4, 0.5) is 5.82 Å². The van der Waals surface area contributed by atoms with E-state index in [9.17, 15) is 9.90 Å². The van der Waals surface area contributed by atoms with Crippen molar-refractivity contribution in [3.63, 3.8) is 0 Å². The number of hydrogen-bond donors (Lipinski definition) is 2. The summed E-state index contributed by atoms with van der Waals surface area (Å²) in [4.78, 5) is 11.9. The van der Waals surface area contributed by atoms with Crippen LogP contribution in [0.3, 0.4) is 0 Å². The fraction of sp³-hybridized carbons (Fsp3) is 0.444. The molecule has 0 aliphatic rings. The number of aliphatic hydroxyl groups excluding tert-OH is 1. The topological polar surface area (TPSA) is 76.4 Å². The van der Waals surface area contributed by atoms with Gasteiger partial charge in [0.1, 0.15) is 12.4 Å². The van der Waals surface area contributed by atoms with E-state index in [1.165, 1.54) is 5.56 Å². The molecule has 1 aromatic heterocycles. The van der Waals surface area contributed by atoms with Gasteiger partial charge in [-0.1, -0.05) is 37.6 Å². The molecule has 2 aromatic rings. The molecule has 1 heterocycles. The molecule has 0 saturated heterocycles. The van der Waals surface area contributed by atoms with E-state index in [1.54, 1.807) is 4.68 Å². The van der Waals surface area contributed by atoms with E-state index in [4.69, 9.17) is 4.74 Å². The Hall–Kier alpha value is -2.18. The molecule has 0 saturated carbocycles. The fourth-order valence-corrected chi connectivity index (χ4v) is 2.43.